The van der Waals surface area contributed by atoms with Gasteiger partial charge in [0, 0.05) is 30.8 Å². The van der Waals surface area contributed by atoms with Crippen LogP contribution in [0.25, 0.3) is 0 Å². The number of hydrogen-bond acceptors (Lipinski definition) is 3. The first-order chi connectivity index (χ1) is 13.0. The van der Waals surface area contributed by atoms with Crippen molar-refractivity contribution in [3.63, 3.8) is 0 Å². The van der Waals surface area contributed by atoms with E-state index in [1.165, 1.54) is 32.1 Å². The van der Waals surface area contributed by atoms with E-state index in [1.54, 1.807) is 17.0 Å². The lowest BCUT2D eigenvalue weighted by Gasteiger charge is -2.21. The highest BCUT2D eigenvalue weighted by molar-refractivity contribution is 7.80. The Morgan fingerprint density at radius 2 is 1.85 bits per heavy atom. The largest absolute Gasteiger partial charge is 0.339 e. The predicted octanol–water partition coefficient (Wildman–Crippen LogP) is 4.34. The van der Waals surface area contributed by atoms with Gasteiger partial charge in [-0.1, -0.05) is 38.2 Å². The van der Waals surface area contributed by atoms with E-state index in [1.807, 2.05) is 26.0 Å². The van der Waals surface area contributed by atoms with Gasteiger partial charge >= 0.3 is 0 Å². The Bertz CT molecular complexity index is 653. The van der Waals surface area contributed by atoms with Crippen molar-refractivity contribution in [2.24, 2.45) is 5.92 Å². The van der Waals surface area contributed by atoms with Crippen molar-refractivity contribution in [3.8, 4) is 0 Å². The van der Waals surface area contributed by atoms with Gasteiger partial charge in [0.15, 0.2) is 5.11 Å². The van der Waals surface area contributed by atoms with Gasteiger partial charge in [0.25, 0.3) is 5.91 Å². The minimum Gasteiger partial charge on any atom is -0.339 e. The van der Waals surface area contributed by atoms with Gasteiger partial charge in [-0.2, -0.15) is 0 Å². The summed E-state index contributed by atoms with van der Waals surface area (Å²) in [5, 5.41) is 6.03. The molecule has 1 aliphatic carbocycles. The number of carbonyl (C=O) groups is 2. The predicted molar refractivity (Wildman–Crippen MR) is 114 cm³/mol. The van der Waals surface area contributed by atoms with Crippen molar-refractivity contribution in [3.05, 3.63) is 29.8 Å². The van der Waals surface area contributed by atoms with Crippen LogP contribution in [0.5, 0.6) is 0 Å². The summed E-state index contributed by atoms with van der Waals surface area (Å²) in [7, 11) is 0. The minimum absolute atomic E-state index is 0.00825. The van der Waals surface area contributed by atoms with Gasteiger partial charge in [-0.3, -0.25) is 9.59 Å². The second kappa shape index (κ2) is 11.0. The molecule has 1 fully saturated rings. The first-order valence-electron chi connectivity index (χ1n) is 10.0. The lowest BCUT2D eigenvalue weighted by molar-refractivity contribution is -0.120. The molecule has 0 atom stereocenters. The molecule has 1 aromatic rings. The highest BCUT2D eigenvalue weighted by atomic mass is 32.1. The first kappa shape index (κ1) is 21.4. The van der Waals surface area contributed by atoms with E-state index in [0.717, 1.165) is 6.42 Å². The Hall–Kier alpha value is -1.95. The molecule has 6 heteroatoms. The summed E-state index contributed by atoms with van der Waals surface area (Å²) in [6.45, 7) is 5.26. The molecule has 0 saturated heterocycles. The van der Waals surface area contributed by atoms with E-state index < -0.39 is 0 Å². The molecule has 1 saturated carbocycles. The van der Waals surface area contributed by atoms with E-state index in [0.29, 0.717) is 36.7 Å². The number of carbonyl (C=O) groups excluding carboxylic acids is 2. The Morgan fingerprint density at radius 3 is 2.52 bits per heavy atom. The van der Waals surface area contributed by atoms with Crippen molar-refractivity contribution in [1.29, 1.82) is 0 Å². The van der Waals surface area contributed by atoms with Gasteiger partial charge in [-0.05, 0) is 56.6 Å². The molecule has 0 spiro atoms. The molecular formula is C21H31N3O2S. The SMILES string of the molecule is CCN(CC)C(=O)c1cccc(NC(=S)NC(=O)CCC2CCCCC2)c1. The van der Waals surface area contributed by atoms with Crippen LogP contribution in [0.2, 0.25) is 0 Å². The molecule has 0 bridgehead atoms. The highest BCUT2D eigenvalue weighted by Crippen LogP contribution is 2.27. The third-order valence-electron chi connectivity index (χ3n) is 5.18. The van der Waals surface area contributed by atoms with Crippen LogP contribution in [-0.2, 0) is 4.79 Å². The molecule has 1 aliphatic rings. The average molecular weight is 390 g/mol. The molecule has 0 aliphatic heterocycles. The number of hydrogen-bond donors (Lipinski definition) is 2. The summed E-state index contributed by atoms with van der Waals surface area (Å²) >= 11 is 5.25. The fourth-order valence-corrected chi connectivity index (χ4v) is 3.82. The van der Waals surface area contributed by atoms with Crippen LogP contribution in [0, 0.1) is 5.92 Å². The second-order valence-corrected chi connectivity index (χ2v) is 7.51. The molecule has 0 radical (unpaired) electrons. The van der Waals surface area contributed by atoms with Crippen LogP contribution in [-0.4, -0.2) is 34.9 Å². The van der Waals surface area contributed by atoms with Crippen LogP contribution in [0.15, 0.2) is 24.3 Å². The number of nitrogens with zero attached hydrogens (tertiary/aromatic N) is 1. The maximum atomic E-state index is 12.5. The normalized spacial score (nSPS) is 14.4. The van der Waals surface area contributed by atoms with Gasteiger partial charge in [0.1, 0.15) is 0 Å². The average Bonchev–Trinajstić information content (AvgIpc) is 2.68. The van der Waals surface area contributed by atoms with Crippen LogP contribution in [0.4, 0.5) is 5.69 Å². The van der Waals surface area contributed by atoms with E-state index >= 15 is 0 Å². The third-order valence-corrected chi connectivity index (χ3v) is 5.38. The lowest BCUT2D eigenvalue weighted by Crippen LogP contribution is -2.34. The van der Waals surface area contributed by atoms with Gasteiger partial charge in [0.05, 0.1) is 0 Å². The molecule has 148 valence electrons. The van der Waals surface area contributed by atoms with E-state index in [9.17, 15) is 9.59 Å². The zero-order valence-corrected chi connectivity index (χ0v) is 17.2. The smallest absolute Gasteiger partial charge is 0.253 e. The zero-order valence-electron chi connectivity index (χ0n) is 16.4. The molecular weight excluding hydrogens is 358 g/mol. The van der Waals surface area contributed by atoms with Crippen molar-refractivity contribution < 1.29 is 9.59 Å². The molecule has 0 aromatic heterocycles. The van der Waals surface area contributed by atoms with Crippen LogP contribution in [0.1, 0.15) is 69.2 Å². The summed E-state index contributed by atoms with van der Waals surface area (Å²) in [6.07, 6.45) is 7.82. The molecule has 2 rings (SSSR count). The Balaban J connectivity index is 1.83. The number of nitrogens with one attached hydrogen (secondary N) is 2. The third kappa shape index (κ3) is 6.94. The summed E-state index contributed by atoms with van der Waals surface area (Å²) in [6, 6.07) is 7.20. The molecule has 2 amide bonds. The quantitative estimate of drug-likeness (QED) is 0.681. The maximum Gasteiger partial charge on any atom is 0.253 e. The fraction of sp³-hybridized carbons (Fsp3) is 0.571. The standard InChI is InChI=1S/C21H31N3O2S/c1-3-24(4-2)20(26)17-11-8-12-18(15-17)22-21(27)23-19(25)14-13-16-9-6-5-7-10-16/h8,11-12,15-16H,3-7,9-10,13-14H2,1-2H3,(H2,22,23,25,27). The monoisotopic (exact) mass is 389 g/mol. The number of benzene rings is 1. The van der Waals surface area contributed by atoms with Gasteiger partial charge in [-0.25, -0.2) is 0 Å². The molecule has 0 unspecified atom stereocenters. The van der Waals surface area contributed by atoms with Crippen molar-refractivity contribution in [2.45, 2.75) is 58.8 Å². The van der Waals surface area contributed by atoms with E-state index in [-0.39, 0.29) is 16.9 Å². The molecule has 27 heavy (non-hydrogen) atoms. The van der Waals surface area contributed by atoms with Gasteiger partial charge < -0.3 is 15.5 Å². The summed E-state index contributed by atoms with van der Waals surface area (Å²) < 4.78 is 0. The van der Waals surface area contributed by atoms with E-state index in [2.05, 4.69) is 10.6 Å². The second-order valence-electron chi connectivity index (χ2n) is 7.10. The topological polar surface area (TPSA) is 61.4 Å². The number of anilines is 1. The van der Waals surface area contributed by atoms with Crippen LogP contribution < -0.4 is 10.6 Å². The maximum absolute atomic E-state index is 12.5. The molecule has 1 aromatic carbocycles. The Labute approximate surface area is 167 Å². The summed E-state index contributed by atoms with van der Waals surface area (Å²) in [4.78, 5) is 26.4. The van der Waals surface area contributed by atoms with Crippen LogP contribution in [0.3, 0.4) is 0 Å². The number of thiocarbonyl (C=S) groups is 1. The lowest BCUT2D eigenvalue weighted by atomic mass is 9.86. The summed E-state index contributed by atoms with van der Waals surface area (Å²) in [5.74, 6) is 0.619. The van der Waals surface area contributed by atoms with Crippen molar-refractivity contribution in [1.82, 2.24) is 10.2 Å². The first-order valence-corrected chi connectivity index (χ1v) is 10.4. The Morgan fingerprint density at radius 1 is 1.15 bits per heavy atom. The Kier molecular flexibility index (Phi) is 8.72. The minimum atomic E-state index is -0.0477. The van der Waals surface area contributed by atoms with Gasteiger partial charge in [0.2, 0.25) is 5.91 Å². The number of amides is 2. The van der Waals surface area contributed by atoms with Crippen LogP contribution >= 0.6 is 12.2 Å². The van der Waals surface area contributed by atoms with Crippen molar-refractivity contribution >= 4 is 34.8 Å². The fourth-order valence-electron chi connectivity index (χ4n) is 3.59. The molecule has 5 nitrogen and oxygen atoms in total. The highest BCUT2D eigenvalue weighted by Gasteiger charge is 2.16. The van der Waals surface area contributed by atoms with E-state index in [4.69, 9.17) is 12.2 Å². The van der Waals surface area contributed by atoms with Crippen molar-refractivity contribution in [2.75, 3.05) is 18.4 Å². The van der Waals surface area contributed by atoms with Gasteiger partial charge in [-0.15, -0.1) is 0 Å². The number of rotatable bonds is 7. The summed E-state index contributed by atoms with van der Waals surface area (Å²) in [5.41, 5.74) is 1.31. The molecule has 0 heterocycles. The molecule has 2 N–H and O–H groups in total. The zero-order chi connectivity index (χ0) is 19.6.